The lowest BCUT2D eigenvalue weighted by Crippen LogP contribution is -2.54. The van der Waals surface area contributed by atoms with Crippen LogP contribution in [0.1, 0.15) is 218 Å². The molecule has 25 heteroatoms. The highest BCUT2D eigenvalue weighted by molar-refractivity contribution is 6.00. The highest BCUT2D eigenvalue weighted by Gasteiger charge is 2.44. The average Bonchev–Trinajstić information content (AvgIpc) is 1.70. The van der Waals surface area contributed by atoms with Crippen molar-refractivity contribution in [2.75, 3.05) is 113 Å². The number of carbonyl (C=O) groups excluding carboxylic acids is 8. The van der Waals surface area contributed by atoms with Crippen molar-refractivity contribution in [2.24, 2.45) is 23.7 Å². The zero-order valence-corrected chi connectivity index (χ0v) is 84.0. The Morgan fingerprint density at radius 2 is 0.650 bits per heavy atom. The monoisotopic (exact) mass is 1920 g/mol. The van der Waals surface area contributed by atoms with Gasteiger partial charge in [0.25, 0.3) is 23.6 Å². The number of nitrogens with zero attached hydrogens (tertiary/aromatic N) is 13. The summed E-state index contributed by atoms with van der Waals surface area (Å²) in [7, 11) is 6.20. The van der Waals surface area contributed by atoms with Gasteiger partial charge in [-0.25, -0.2) is 14.6 Å². The second-order valence-corrected chi connectivity index (χ2v) is 40.8. The van der Waals surface area contributed by atoms with Crippen LogP contribution >= 0.6 is 0 Å². The normalized spacial score (nSPS) is 20.5. The van der Waals surface area contributed by atoms with Crippen LogP contribution in [-0.2, 0) is 19.2 Å². The molecule has 8 aliphatic rings. The minimum absolute atomic E-state index is 0.0117. The SMILES string of the molecule is Cc1ccc([C@@H]2C[C@H]2CCC(NC(=O)c2ccc(-c3ncccn3)cc2)C(=O)N2CCN(C)CC2)cc1.Cc1ccc([C@@H]2C[C@H]2CCC(NC(=O)c2ccc(-n3ccnn3)cc2)C(=O)N2CCN(C)CC2)cc1.Cc1ccc([C@@H]2C[C@H]2CCC(NC(=O)c2ccc(C#N)cc2)C(=O)N2CCN(C)CC2)cc1.Cc1ccc([C@@H]2C[C@H]2CCC[C@H](NC(=O)c2ccc(-c3ccccc3)cc2)C(=O)N2CCCCC2)cc1. The van der Waals surface area contributed by atoms with Crippen LogP contribution in [0.2, 0.25) is 0 Å². The third kappa shape index (κ3) is 28.9. The Morgan fingerprint density at radius 3 is 0.993 bits per heavy atom. The lowest BCUT2D eigenvalue weighted by atomic mass is 10.0. The maximum Gasteiger partial charge on any atom is 0.251 e. The van der Waals surface area contributed by atoms with E-state index in [2.05, 4.69) is 220 Å². The van der Waals surface area contributed by atoms with Crippen molar-refractivity contribution in [1.29, 1.82) is 5.26 Å². The molecule has 744 valence electrons. The summed E-state index contributed by atoms with van der Waals surface area (Å²) in [6.45, 7) is 19.3. The Bertz CT molecular complexity index is 6060. The summed E-state index contributed by atoms with van der Waals surface area (Å²) in [5.41, 5.74) is 17.1. The van der Waals surface area contributed by atoms with Crippen LogP contribution in [0.15, 0.2) is 255 Å². The topological polar surface area (TPSA) is 288 Å². The number of likely N-dealkylation sites (N-methyl/N-ethyl adjacent to an activating group) is 3. The number of aryl methyl sites for hydroxylation is 4. The van der Waals surface area contributed by atoms with Crippen molar-refractivity contribution >= 4 is 47.3 Å². The van der Waals surface area contributed by atoms with Crippen molar-refractivity contribution in [2.45, 2.75) is 178 Å². The van der Waals surface area contributed by atoms with Crippen molar-refractivity contribution < 1.29 is 38.4 Å². The molecule has 4 saturated carbocycles. The first kappa shape index (κ1) is 102. The molecule has 6 heterocycles. The van der Waals surface area contributed by atoms with E-state index >= 15 is 0 Å². The Morgan fingerprint density at radius 1 is 0.336 bits per heavy atom. The van der Waals surface area contributed by atoms with E-state index < -0.39 is 24.2 Å². The zero-order valence-electron chi connectivity index (χ0n) is 84.0. The smallest absolute Gasteiger partial charge is 0.251 e. The highest BCUT2D eigenvalue weighted by atomic mass is 16.2. The second kappa shape index (κ2) is 49.3. The van der Waals surface area contributed by atoms with Gasteiger partial charge in [-0.15, -0.1) is 5.10 Å². The molecule has 0 spiro atoms. The van der Waals surface area contributed by atoms with Crippen molar-refractivity contribution in [3.63, 3.8) is 0 Å². The van der Waals surface area contributed by atoms with E-state index in [1.165, 1.54) is 57.3 Å². The lowest BCUT2D eigenvalue weighted by Gasteiger charge is -2.35. The molecule has 0 radical (unpaired) electrons. The van der Waals surface area contributed by atoms with Crippen LogP contribution in [0.3, 0.4) is 0 Å². The fourth-order valence-electron chi connectivity index (χ4n) is 20.4. The number of amides is 8. The van der Waals surface area contributed by atoms with E-state index in [0.717, 1.165) is 139 Å². The second-order valence-electron chi connectivity index (χ2n) is 40.8. The number of piperazine rings is 3. The van der Waals surface area contributed by atoms with Gasteiger partial charge in [-0.05, 0) is 305 Å². The summed E-state index contributed by atoms with van der Waals surface area (Å²) < 4.78 is 1.64. The molecule has 4 N–H and O–H groups in total. The molecule has 8 fully saturated rings. The zero-order chi connectivity index (χ0) is 99.8. The predicted molar refractivity (Wildman–Crippen MR) is 559 cm³/mol. The van der Waals surface area contributed by atoms with Gasteiger partial charge in [0.15, 0.2) is 5.82 Å². The van der Waals surface area contributed by atoms with Crippen molar-refractivity contribution in [3.8, 4) is 34.3 Å². The number of benzene rings is 9. The molecule has 4 saturated heterocycles. The van der Waals surface area contributed by atoms with Crippen LogP contribution in [0, 0.1) is 62.7 Å². The van der Waals surface area contributed by atoms with Crippen molar-refractivity contribution in [1.82, 2.24) is 80.5 Å². The number of nitrogens with one attached hydrogen (secondary N) is 4. The molecule has 11 aromatic rings. The summed E-state index contributed by atoms with van der Waals surface area (Å²) in [6.07, 6.45) is 22.1. The first-order valence-corrected chi connectivity index (χ1v) is 51.7. The molecular formula is C118H139N17O8. The molecule has 4 aliphatic heterocycles. The molecular weight excluding hydrogens is 1780 g/mol. The van der Waals surface area contributed by atoms with Gasteiger partial charge in [0, 0.05) is 132 Å². The predicted octanol–water partition coefficient (Wildman–Crippen LogP) is 17.0. The first-order valence-electron chi connectivity index (χ1n) is 51.7. The summed E-state index contributed by atoms with van der Waals surface area (Å²) in [5, 5.41) is 29.0. The quantitative estimate of drug-likeness (QED) is 0.0305. The van der Waals surface area contributed by atoms with Crippen molar-refractivity contribution in [3.05, 3.63) is 328 Å². The molecule has 2 aromatic heterocycles. The Kier molecular flexibility index (Phi) is 35.3. The van der Waals surface area contributed by atoms with Gasteiger partial charge < -0.3 is 55.6 Å². The van der Waals surface area contributed by atoms with E-state index in [-0.39, 0.29) is 47.3 Å². The fraction of sp³-hybridized carbons (Fsp3) is 0.415. The van der Waals surface area contributed by atoms with E-state index in [1.807, 2.05) is 86.3 Å². The van der Waals surface area contributed by atoms with Gasteiger partial charge in [-0.2, -0.15) is 5.26 Å². The van der Waals surface area contributed by atoms with Crippen LogP contribution < -0.4 is 21.3 Å². The maximum absolute atomic E-state index is 13.5. The number of nitriles is 1. The van der Waals surface area contributed by atoms with Gasteiger partial charge >= 0.3 is 0 Å². The lowest BCUT2D eigenvalue weighted by molar-refractivity contribution is -0.135. The number of rotatable bonds is 32. The number of likely N-dealkylation sites (tertiary alicyclic amines) is 1. The molecule has 0 bridgehead atoms. The summed E-state index contributed by atoms with van der Waals surface area (Å²) >= 11 is 0. The summed E-state index contributed by atoms with van der Waals surface area (Å²) in [5.74, 6) is 4.59. The van der Waals surface area contributed by atoms with Crippen LogP contribution in [0.5, 0.6) is 0 Å². The van der Waals surface area contributed by atoms with Gasteiger partial charge in [-0.3, -0.25) is 38.4 Å². The molecule has 143 heavy (non-hydrogen) atoms. The van der Waals surface area contributed by atoms with Gasteiger partial charge in [0.1, 0.15) is 24.2 Å². The molecule has 3 unspecified atom stereocenters. The number of piperidine rings is 1. The van der Waals surface area contributed by atoms with Crippen LogP contribution in [0.4, 0.5) is 0 Å². The molecule has 8 amide bonds. The van der Waals surface area contributed by atoms with Gasteiger partial charge in [0.05, 0.1) is 29.7 Å². The molecule has 19 rings (SSSR count). The van der Waals surface area contributed by atoms with E-state index in [1.54, 1.807) is 84.1 Å². The average molecular weight is 1920 g/mol. The van der Waals surface area contributed by atoms with E-state index in [4.69, 9.17) is 5.26 Å². The minimum Gasteiger partial charge on any atom is -0.341 e. The molecule has 25 nitrogen and oxygen atoms in total. The first-order chi connectivity index (χ1) is 69.5. The number of carbonyl (C=O) groups is 8. The molecule has 9 aromatic carbocycles. The van der Waals surface area contributed by atoms with Crippen LogP contribution in [-0.4, -0.2) is 243 Å². The Labute approximate surface area is 843 Å². The van der Waals surface area contributed by atoms with E-state index in [0.29, 0.717) is 146 Å². The molecule has 4 aliphatic carbocycles. The standard InChI is InChI=1S/C33H38N2O2.C30H35N5O2.C28H34N6O2.C27H32N4O2/c1-24-13-15-27(16-14-24)30-23-29(30)11-8-12-31(33(37)35-21-6-3-7-22-35)34-32(36)28-19-17-26(18-20-28)25-9-4-2-5-10-25;1-21-4-6-22(7-5-21)26-20-25(26)12-13-27(30(37)35-18-16-34(2)17-19-35)33-29(36)24-10-8-23(9-11-24)28-31-14-3-15-32-28;1-20-3-5-21(6-4-20)25-19-23(25)9-12-26(28(36)33-17-15-32(2)16-18-33)30-27(35)22-7-10-24(11-8-22)34-14-13-29-31-34;1-19-3-7-21(8-4-19)24-17-23(24)11-12-25(27(33)31-15-13-30(2)14-16-31)29-26(32)22-9-5-20(18-28)6-10-22/h2,4-5,9-10,13-20,29-31H,3,6-8,11-12,21-23H2,1H3,(H,34,36);3-11,14-15,25-27H,12-13,16-20H2,1-2H3,(H,33,36);3-8,10-11,13-14,23,25-26H,9,12,15-19H2,1-2H3,(H,30,35);3-10,23-25H,11-17H2,1-2H3,(H,29,32)/t29-,30+,31+;25-,26+,27?;23-,25+,26?;23-,24+,25?/m1111/s1. The van der Waals surface area contributed by atoms with Gasteiger partial charge in [-0.1, -0.05) is 186 Å². The highest BCUT2D eigenvalue weighted by Crippen LogP contribution is 2.53. The minimum atomic E-state index is -0.532. The molecule has 12 atom stereocenters. The largest absolute Gasteiger partial charge is 0.341 e. The van der Waals surface area contributed by atoms with Gasteiger partial charge in [0.2, 0.25) is 23.6 Å². The maximum atomic E-state index is 13.5. The Hall–Kier alpha value is -13.7. The van der Waals surface area contributed by atoms with Crippen LogP contribution in [0.25, 0.3) is 28.2 Å². The fourth-order valence-corrected chi connectivity index (χ4v) is 20.4. The number of hydrogen-bond acceptors (Lipinski definition) is 16. The Balaban J connectivity index is 0.000000137. The third-order valence-electron chi connectivity index (χ3n) is 30.1. The summed E-state index contributed by atoms with van der Waals surface area (Å²) in [4.78, 5) is 129. The third-order valence-corrected chi connectivity index (χ3v) is 30.1. The summed E-state index contributed by atoms with van der Waals surface area (Å²) in [6, 6.07) is 75.7. The number of aromatic nitrogens is 5. The van der Waals surface area contributed by atoms with E-state index in [9.17, 15) is 38.4 Å². The number of hydrogen-bond donors (Lipinski definition) is 4.